The predicted molar refractivity (Wildman–Crippen MR) is 69.8 cm³/mol. The van der Waals surface area contributed by atoms with Crippen molar-refractivity contribution in [2.75, 3.05) is 6.54 Å². The summed E-state index contributed by atoms with van der Waals surface area (Å²) in [6.45, 7) is 0.530. The van der Waals surface area contributed by atoms with Crippen LogP contribution in [0, 0.1) is 0 Å². The molecule has 7 heteroatoms. The van der Waals surface area contributed by atoms with Crippen molar-refractivity contribution in [2.24, 2.45) is 5.73 Å². The second-order valence-corrected chi connectivity index (χ2v) is 6.38. The third kappa shape index (κ3) is 2.99. The Morgan fingerprint density at radius 1 is 1.39 bits per heavy atom. The Bertz CT molecular complexity index is 588. The first-order valence-corrected chi connectivity index (χ1v) is 7.78. The lowest BCUT2D eigenvalue weighted by molar-refractivity contribution is 0.506. The molecule has 0 aliphatic heterocycles. The first kappa shape index (κ1) is 13.3. The van der Waals surface area contributed by atoms with E-state index in [-0.39, 0.29) is 11.4 Å². The number of sulfonamides is 1. The van der Waals surface area contributed by atoms with Gasteiger partial charge in [0.15, 0.2) is 0 Å². The Labute approximate surface area is 110 Å². The van der Waals surface area contributed by atoms with Crippen molar-refractivity contribution >= 4 is 21.4 Å². The maximum atomic E-state index is 12.0. The molecule has 0 unspecified atom stereocenters. The topological polar surface area (TPSA) is 85.3 Å². The summed E-state index contributed by atoms with van der Waals surface area (Å²) in [5, 5.41) is 1.73. The van der Waals surface area contributed by atoms with Gasteiger partial charge in [0.1, 0.15) is 5.76 Å². The molecule has 0 aliphatic carbocycles. The first-order chi connectivity index (χ1) is 8.63. The summed E-state index contributed by atoms with van der Waals surface area (Å²) < 4.78 is 31.7. The Morgan fingerprint density at radius 3 is 2.89 bits per heavy atom. The molecular formula is C11H14N2O3S2. The van der Waals surface area contributed by atoms with Crippen LogP contribution in [0.2, 0.25) is 0 Å². The lowest BCUT2D eigenvalue weighted by Crippen LogP contribution is -2.26. The van der Waals surface area contributed by atoms with Crippen LogP contribution in [0.1, 0.15) is 10.6 Å². The molecule has 0 amide bonds. The van der Waals surface area contributed by atoms with E-state index in [1.165, 1.54) is 11.3 Å². The Kier molecular flexibility index (Phi) is 4.18. The van der Waals surface area contributed by atoms with Gasteiger partial charge in [-0.1, -0.05) is 0 Å². The van der Waals surface area contributed by atoms with Crippen molar-refractivity contribution in [3.63, 3.8) is 0 Å². The number of furan rings is 1. The summed E-state index contributed by atoms with van der Waals surface area (Å²) in [6.07, 6.45) is 2.09. The zero-order valence-electron chi connectivity index (χ0n) is 9.63. The average Bonchev–Trinajstić information content (AvgIpc) is 2.99. The van der Waals surface area contributed by atoms with E-state index in [1.807, 2.05) is 6.07 Å². The molecule has 0 saturated carbocycles. The Morgan fingerprint density at radius 2 is 2.22 bits per heavy atom. The van der Waals surface area contributed by atoms with Gasteiger partial charge in [0.05, 0.1) is 11.2 Å². The summed E-state index contributed by atoms with van der Waals surface area (Å²) >= 11 is 1.34. The minimum absolute atomic E-state index is 0.228. The average molecular weight is 286 g/mol. The third-order valence-corrected chi connectivity index (χ3v) is 5.04. The molecule has 0 atom stereocenters. The van der Waals surface area contributed by atoms with E-state index in [0.717, 1.165) is 5.76 Å². The van der Waals surface area contributed by atoms with Gasteiger partial charge in [-0.2, -0.15) is 0 Å². The van der Waals surface area contributed by atoms with Gasteiger partial charge in [0.2, 0.25) is 10.0 Å². The van der Waals surface area contributed by atoms with Gasteiger partial charge >= 0.3 is 0 Å². The number of nitrogens with one attached hydrogen (secondary N) is 1. The van der Waals surface area contributed by atoms with Crippen molar-refractivity contribution in [1.82, 2.24) is 4.72 Å². The van der Waals surface area contributed by atoms with Crippen LogP contribution < -0.4 is 10.5 Å². The second-order valence-electron chi connectivity index (χ2n) is 3.64. The first-order valence-electron chi connectivity index (χ1n) is 5.42. The van der Waals surface area contributed by atoms with Gasteiger partial charge in [-0.05, 0) is 23.6 Å². The van der Waals surface area contributed by atoms with E-state index in [9.17, 15) is 8.42 Å². The molecule has 18 heavy (non-hydrogen) atoms. The Hall–Kier alpha value is -1.15. The van der Waals surface area contributed by atoms with Crippen LogP contribution >= 0.6 is 11.3 Å². The summed E-state index contributed by atoms with van der Waals surface area (Å²) in [6, 6.07) is 5.15. The van der Waals surface area contributed by atoms with Crippen molar-refractivity contribution < 1.29 is 12.8 Å². The van der Waals surface area contributed by atoms with Crippen LogP contribution in [0.3, 0.4) is 0 Å². The van der Waals surface area contributed by atoms with E-state index >= 15 is 0 Å². The summed E-state index contributed by atoms with van der Waals surface area (Å²) in [7, 11) is -3.47. The number of hydrogen-bond donors (Lipinski definition) is 2. The molecule has 0 aromatic carbocycles. The van der Waals surface area contributed by atoms with Gasteiger partial charge in [-0.25, -0.2) is 13.1 Å². The van der Waals surface area contributed by atoms with E-state index < -0.39 is 10.0 Å². The number of nitrogens with two attached hydrogens (primary N) is 1. The lowest BCUT2D eigenvalue weighted by Gasteiger charge is -2.05. The number of thiophene rings is 1. The predicted octanol–water partition coefficient (Wildman–Crippen LogP) is 1.32. The fraction of sp³-hybridized carbons (Fsp3) is 0.273. The van der Waals surface area contributed by atoms with Gasteiger partial charge in [-0.15, -0.1) is 11.3 Å². The molecule has 3 N–H and O–H groups in total. The van der Waals surface area contributed by atoms with Gasteiger partial charge in [0, 0.05) is 24.4 Å². The van der Waals surface area contributed by atoms with Crippen molar-refractivity contribution in [3.05, 3.63) is 40.5 Å². The normalized spacial score (nSPS) is 11.8. The molecule has 0 saturated heterocycles. The van der Waals surface area contributed by atoms with E-state index in [1.54, 1.807) is 23.8 Å². The molecule has 98 valence electrons. The van der Waals surface area contributed by atoms with Crippen LogP contribution in [-0.4, -0.2) is 15.0 Å². The van der Waals surface area contributed by atoms with Crippen LogP contribution in [0.4, 0.5) is 0 Å². The van der Waals surface area contributed by atoms with Crippen molar-refractivity contribution in [3.8, 4) is 0 Å². The zero-order chi connectivity index (χ0) is 13.0. The zero-order valence-corrected chi connectivity index (χ0v) is 11.3. The molecule has 0 bridgehead atoms. The Balaban J connectivity index is 1.99. The van der Waals surface area contributed by atoms with Crippen molar-refractivity contribution in [2.45, 2.75) is 17.9 Å². The lowest BCUT2D eigenvalue weighted by atomic mass is 10.3. The monoisotopic (exact) mass is 286 g/mol. The van der Waals surface area contributed by atoms with Crippen LogP contribution in [0.25, 0.3) is 0 Å². The largest absolute Gasteiger partial charge is 0.469 e. The maximum absolute atomic E-state index is 12.0. The summed E-state index contributed by atoms with van der Waals surface area (Å²) in [5.41, 5.74) is 5.50. The van der Waals surface area contributed by atoms with Crippen LogP contribution in [0.15, 0.2) is 39.2 Å². The fourth-order valence-electron chi connectivity index (χ4n) is 1.56. The highest BCUT2D eigenvalue weighted by Gasteiger charge is 2.18. The summed E-state index contributed by atoms with van der Waals surface area (Å²) in [4.78, 5) is 0.940. The van der Waals surface area contributed by atoms with E-state index in [2.05, 4.69) is 4.72 Å². The quantitative estimate of drug-likeness (QED) is 0.838. The SMILES string of the molecule is NCc1sccc1S(=O)(=O)NCCc1ccco1. The highest BCUT2D eigenvalue weighted by Crippen LogP contribution is 2.20. The fourth-order valence-corrected chi connectivity index (χ4v) is 3.92. The molecule has 0 fully saturated rings. The number of rotatable bonds is 6. The van der Waals surface area contributed by atoms with Crippen molar-refractivity contribution in [1.29, 1.82) is 0 Å². The molecule has 2 aromatic heterocycles. The number of hydrogen-bond acceptors (Lipinski definition) is 5. The van der Waals surface area contributed by atoms with E-state index in [0.29, 0.717) is 17.8 Å². The second kappa shape index (κ2) is 5.66. The molecule has 0 radical (unpaired) electrons. The molecule has 2 heterocycles. The van der Waals surface area contributed by atoms with Gasteiger partial charge in [-0.3, -0.25) is 0 Å². The standard InChI is InChI=1S/C11H14N2O3S2/c12-8-10-11(4-7-17-10)18(14,15)13-5-3-9-2-1-6-16-9/h1-2,4,6-7,13H,3,5,8,12H2. The molecule has 2 rings (SSSR count). The smallest absolute Gasteiger partial charge is 0.241 e. The van der Waals surface area contributed by atoms with Crippen LogP contribution in [0.5, 0.6) is 0 Å². The minimum Gasteiger partial charge on any atom is -0.469 e. The van der Waals surface area contributed by atoms with Gasteiger partial charge in [0.25, 0.3) is 0 Å². The maximum Gasteiger partial charge on any atom is 0.241 e. The molecule has 0 aliphatic rings. The van der Waals surface area contributed by atoms with Crippen LogP contribution in [-0.2, 0) is 23.0 Å². The molecule has 2 aromatic rings. The summed E-state index contributed by atoms with van der Waals surface area (Å²) in [5.74, 6) is 0.752. The minimum atomic E-state index is -3.47. The molecular weight excluding hydrogens is 272 g/mol. The highest BCUT2D eigenvalue weighted by molar-refractivity contribution is 7.89. The highest BCUT2D eigenvalue weighted by atomic mass is 32.2. The molecule has 5 nitrogen and oxygen atoms in total. The third-order valence-electron chi connectivity index (χ3n) is 2.42. The van der Waals surface area contributed by atoms with E-state index in [4.69, 9.17) is 10.2 Å². The van der Waals surface area contributed by atoms with Gasteiger partial charge < -0.3 is 10.2 Å². The molecule has 0 spiro atoms.